The fourth-order valence-electron chi connectivity index (χ4n) is 2.67. The Bertz CT molecular complexity index is 756. The third kappa shape index (κ3) is 4.60. The van der Waals surface area contributed by atoms with Gasteiger partial charge in [0.15, 0.2) is 6.61 Å². The lowest BCUT2D eigenvalue weighted by Crippen LogP contribution is -2.31. The van der Waals surface area contributed by atoms with Crippen LogP contribution in [-0.2, 0) is 4.79 Å². The Labute approximate surface area is 152 Å². The fraction of sp³-hybridized carbons (Fsp3) is 0.350. The van der Waals surface area contributed by atoms with Crippen molar-refractivity contribution in [3.8, 4) is 5.75 Å². The smallest absolute Gasteiger partial charge is 0.258 e. The highest BCUT2D eigenvalue weighted by atomic mass is 79.9. The van der Waals surface area contributed by atoms with Crippen LogP contribution in [0, 0.1) is 27.7 Å². The second-order valence-corrected chi connectivity index (χ2v) is 7.14. The first-order valence-electron chi connectivity index (χ1n) is 8.04. The normalized spacial score (nSPS) is 11.9. The van der Waals surface area contributed by atoms with Crippen molar-refractivity contribution in [2.45, 2.75) is 40.7 Å². The molecular weight excluding hydrogens is 366 g/mol. The molecule has 0 saturated heterocycles. The minimum Gasteiger partial charge on any atom is -0.484 e. The zero-order chi connectivity index (χ0) is 17.9. The lowest BCUT2D eigenvalue weighted by atomic mass is 9.96. The molecule has 0 fully saturated rings. The summed E-state index contributed by atoms with van der Waals surface area (Å²) in [6, 6.07) is 9.94. The van der Waals surface area contributed by atoms with Gasteiger partial charge in [-0.2, -0.15) is 0 Å². The molecule has 2 aromatic rings. The molecule has 0 spiro atoms. The van der Waals surface area contributed by atoms with E-state index in [1.54, 1.807) is 0 Å². The highest BCUT2D eigenvalue weighted by Gasteiger charge is 2.13. The minimum atomic E-state index is -0.124. The molecule has 0 heterocycles. The number of ether oxygens (including phenoxy) is 1. The quantitative estimate of drug-likeness (QED) is 0.786. The van der Waals surface area contributed by atoms with Crippen molar-refractivity contribution in [1.82, 2.24) is 5.32 Å². The van der Waals surface area contributed by atoms with Crippen LogP contribution in [0.25, 0.3) is 0 Å². The fourth-order valence-corrected chi connectivity index (χ4v) is 2.91. The van der Waals surface area contributed by atoms with Crippen molar-refractivity contribution in [3.63, 3.8) is 0 Å². The van der Waals surface area contributed by atoms with Gasteiger partial charge in [-0.3, -0.25) is 4.79 Å². The molecule has 0 aromatic heterocycles. The van der Waals surface area contributed by atoms with Crippen LogP contribution in [0.5, 0.6) is 5.75 Å². The molecule has 0 bridgehead atoms. The standard InChI is InChI=1S/C20H24BrNO2/c1-12-8-14(3)18(10-13(12)2)16(5)22-20(23)11-24-17-6-7-19(21)15(4)9-17/h6-10,16H,11H2,1-5H3,(H,22,23)/t16-/m1/s1. The molecule has 3 nitrogen and oxygen atoms in total. The zero-order valence-electron chi connectivity index (χ0n) is 14.9. The van der Waals surface area contributed by atoms with Gasteiger partial charge in [0.25, 0.3) is 5.91 Å². The molecule has 24 heavy (non-hydrogen) atoms. The first-order chi connectivity index (χ1) is 11.3. The van der Waals surface area contributed by atoms with E-state index in [0.29, 0.717) is 5.75 Å². The van der Waals surface area contributed by atoms with Crippen LogP contribution in [0.3, 0.4) is 0 Å². The molecule has 0 aliphatic rings. The summed E-state index contributed by atoms with van der Waals surface area (Å²) < 4.78 is 6.61. The Morgan fingerprint density at radius 1 is 1.04 bits per heavy atom. The van der Waals surface area contributed by atoms with Crippen molar-refractivity contribution in [2.24, 2.45) is 0 Å². The number of hydrogen-bond donors (Lipinski definition) is 1. The van der Waals surface area contributed by atoms with E-state index in [0.717, 1.165) is 15.6 Å². The second-order valence-electron chi connectivity index (χ2n) is 6.28. The van der Waals surface area contributed by atoms with E-state index < -0.39 is 0 Å². The molecule has 2 rings (SSSR count). The van der Waals surface area contributed by atoms with Gasteiger partial charge in [-0.1, -0.05) is 28.1 Å². The van der Waals surface area contributed by atoms with Crippen molar-refractivity contribution in [3.05, 3.63) is 62.6 Å². The van der Waals surface area contributed by atoms with Gasteiger partial charge < -0.3 is 10.1 Å². The van der Waals surface area contributed by atoms with Crippen LogP contribution in [0.15, 0.2) is 34.8 Å². The number of carbonyl (C=O) groups excluding carboxylic acids is 1. The van der Waals surface area contributed by atoms with Gasteiger partial charge in [0.05, 0.1) is 6.04 Å². The number of hydrogen-bond acceptors (Lipinski definition) is 2. The van der Waals surface area contributed by atoms with Crippen molar-refractivity contribution < 1.29 is 9.53 Å². The first-order valence-corrected chi connectivity index (χ1v) is 8.83. The molecule has 1 atom stereocenters. The third-order valence-corrected chi connectivity index (χ3v) is 5.12. The van der Waals surface area contributed by atoms with E-state index in [4.69, 9.17) is 4.74 Å². The number of halogens is 1. The second kappa shape index (κ2) is 7.84. The Balaban J connectivity index is 1.96. The molecule has 0 aliphatic carbocycles. The monoisotopic (exact) mass is 389 g/mol. The number of nitrogens with one attached hydrogen (secondary N) is 1. The summed E-state index contributed by atoms with van der Waals surface area (Å²) in [7, 11) is 0. The summed E-state index contributed by atoms with van der Waals surface area (Å²) in [5, 5.41) is 3.01. The van der Waals surface area contributed by atoms with Crippen LogP contribution < -0.4 is 10.1 Å². The van der Waals surface area contributed by atoms with Gasteiger partial charge >= 0.3 is 0 Å². The van der Waals surface area contributed by atoms with Crippen molar-refractivity contribution >= 4 is 21.8 Å². The SMILES string of the molecule is Cc1cc(C)c([C@@H](C)NC(=O)COc2ccc(Br)c(C)c2)cc1C. The summed E-state index contributed by atoms with van der Waals surface area (Å²) in [6.45, 7) is 10.3. The van der Waals surface area contributed by atoms with E-state index in [1.165, 1.54) is 16.7 Å². The molecule has 0 saturated carbocycles. The first kappa shape index (κ1) is 18.5. The molecule has 4 heteroatoms. The van der Waals surface area contributed by atoms with Crippen molar-refractivity contribution in [1.29, 1.82) is 0 Å². The summed E-state index contributed by atoms with van der Waals surface area (Å²) in [5.41, 5.74) is 5.91. The van der Waals surface area contributed by atoms with Crippen LogP contribution >= 0.6 is 15.9 Å². The Hall–Kier alpha value is -1.81. The maximum absolute atomic E-state index is 12.2. The molecule has 2 aromatic carbocycles. The van der Waals surface area contributed by atoms with E-state index in [9.17, 15) is 4.79 Å². The molecular formula is C20H24BrNO2. The van der Waals surface area contributed by atoms with Gasteiger partial charge in [-0.05, 0) is 80.6 Å². The molecule has 128 valence electrons. The largest absolute Gasteiger partial charge is 0.484 e. The van der Waals surface area contributed by atoms with Crippen LogP contribution in [0.4, 0.5) is 0 Å². The highest BCUT2D eigenvalue weighted by Crippen LogP contribution is 2.23. The Morgan fingerprint density at radius 2 is 1.71 bits per heavy atom. The van der Waals surface area contributed by atoms with Crippen molar-refractivity contribution in [2.75, 3.05) is 6.61 Å². The molecule has 1 amide bonds. The lowest BCUT2D eigenvalue weighted by molar-refractivity contribution is -0.123. The van der Waals surface area contributed by atoms with Gasteiger partial charge in [0, 0.05) is 4.47 Å². The van der Waals surface area contributed by atoms with E-state index in [2.05, 4.69) is 54.2 Å². The average molecular weight is 390 g/mol. The summed E-state index contributed by atoms with van der Waals surface area (Å²) in [6.07, 6.45) is 0. The van der Waals surface area contributed by atoms with E-state index in [1.807, 2.05) is 32.0 Å². The predicted octanol–water partition coefficient (Wildman–Crippen LogP) is 4.94. The number of carbonyl (C=O) groups is 1. The lowest BCUT2D eigenvalue weighted by Gasteiger charge is -2.18. The van der Waals surface area contributed by atoms with Gasteiger partial charge in [0.2, 0.25) is 0 Å². The summed E-state index contributed by atoms with van der Waals surface area (Å²) in [5.74, 6) is 0.571. The van der Waals surface area contributed by atoms with Gasteiger partial charge in [-0.15, -0.1) is 0 Å². The maximum Gasteiger partial charge on any atom is 0.258 e. The number of aryl methyl sites for hydroxylation is 4. The minimum absolute atomic E-state index is 0.00923. The summed E-state index contributed by atoms with van der Waals surface area (Å²) >= 11 is 3.45. The van der Waals surface area contributed by atoms with Crippen LogP contribution in [-0.4, -0.2) is 12.5 Å². The molecule has 0 radical (unpaired) electrons. The predicted molar refractivity (Wildman–Crippen MR) is 102 cm³/mol. The topological polar surface area (TPSA) is 38.3 Å². The third-order valence-electron chi connectivity index (χ3n) is 4.23. The van der Waals surface area contributed by atoms with E-state index >= 15 is 0 Å². The van der Waals surface area contributed by atoms with E-state index in [-0.39, 0.29) is 18.6 Å². The van der Waals surface area contributed by atoms with Crippen LogP contribution in [0.2, 0.25) is 0 Å². The number of rotatable bonds is 5. The Kier molecular flexibility index (Phi) is 6.05. The Morgan fingerprint density at radius 3 is 2.38 bits per heavy atom. The number of amides is 1. The van der Waals surface area contributed by atoms with Gasteiger partial charge in [0.1, 0.15) is 5.75 Å². The number of benzene rings is 2. The van der Waals surface area contributed by atoms with Crippen LogP contribution in [0.1, 0.15) is 40.8 Å². The molecule has 1 N–H and O–H groups in total. The maximum atomic E-state index is 12.2. The molecule has 0 unspecified atom stereocenters. The molecule has 0 aliphatic heterocycles. The summed E-state index contributed by atoms with van der Waals surface area (Å²) in [4.78, 5) is 12.2. The average Bonchev–Trinajstić information content (AvgIpc) is 2.52. The highest BCUT2D eigenvalue weighted by molar-refractivity contribution is 9.10. The van der Waals surface area contributed by atoms with Gasteiger partial charge in [-0.25, -0.2) is 0 Å². The zero-order valence-corrected chi connectivity index (χ0v) is 16.5.